The molecule has 0 aliphatic carbocycles. The van der Waals surface area contributed by atoms with Crippen molar-refractivity contribution in [3.8, 4) is 11.4 Å². The minimum atomic E-state index is -0.880. The van der Waals surface area contributed by atoms with E-state index in [1.165, 1.54) is 22.9 Å². The molecule has 2 aromatic rings. The lowest BCUT2D eigenvalue weighted by Crippen LogP contribution is -2.05. The van der Waals surface area contributed by atoms with Gasteiger partial charge in [0.2, 0.25) is 0 Å². The van der Waals surface area contributed by atoms with E-state index in [0.717, 1.165) is 0 Å². The summed E-state index contributed by atoms with van der Waals surface area (Å²) in [5.74, 6) is -0.941. The lowest BCUT2D eigenvalue weighted by Gasteiger charge is -2.05. The van der Waals surface area contributed by atoms with E-state index in [9.17, 15) is 9.18 Å². The number of aromatic nitrogens is 4. The van der Waals surface area contributed by atoms with Crippen molar-refractivity contribution >= 4 is 17.6 Å². The molecule has 8 heteroatoms. The Balaban J connectivity index is 2.21. The third kappa shape index (κ3) is 3.25. The first-order chi connectivity index (χ1) is 9.08. The van der Waals surface area contributed by atoms with E-state index < -0.39 is 11.8 Å². The number of carbonyl (C=O) groups is 1. The summed E-state index contributed by atoms with van der Waals surface area (Å²) in [6, 6.07) is 3.92. The number of rotatable bonds is 5. The number of benzene rings is 1. The average molecular weight is 285 g/mol. The van der Waals surface area contributed by atoms with Gasteiger partial charge in [-0.15, -0.1) is 5.10 Å². The van der Waals surface area contributed by atoms with E-state index in [1.807, 2.05) is 0 Å². The maximum absolute atomic E-state index is 13.0. The van der Waals surface area contributed by atoms with Crippen LogP contribution in [0.25, 0.3) is 11.4 Å². The third-order valence-electron chi connectivity index (χ3n) is 2.46. The number of hydrogen-bond donors (Lipinski definition) is 1. The molecule has 0 aliphatic heterocycles. The van der Waals surface area contributed by atoms with Crippen molar-refractivity contribution in [1.29, 1.82) is 0 Å². The van der Waals surface area contributed by atoms with Crippen LogP contribution in [0.2, 0.25) is 5.02 Å². The van der Waals surface area contributed by atoms with Gasteiger partial charge in [-0.25, -0.2) is 9.07 Å². The van der Waals surface area contributed by atoms with Crippen LogP contribution in [0.4, 0.5) is 4.39 Å². The van der Waals surface area contributed by atoms with Crippen LogP contribution in [0.3, 0.4) is 0 Å². The van der Waals surface area contributed by atoms with Crippen molar-refractivity contribution in [2.24, 2.45) is 0 Å². The number of tetrazole rings is 1. The Morgan fingerprint density at radius 3 is 2.95 bits per heavy atom. The summed E-state index contributed by atoms with van der Waals surface area (Å²) >= 11 is 5.93. The molecule has 1 aromatic heterocycles. The van der Waals surface area contributed by atoms with Gasteiger partial charge >= 0.3 is 5.97 Å². The fraction of sp³-hybridized carbons (Fsp3) is 0.273. The van der Waals surface area contributed by atoms with Crippen LogP contribution < -0.4 is 0 Å². The maximum atomic E-state index is 13.0. The highest BCUT2D eigenvalue weighted by atomic mass is 35.5. The number of carboxylic acid groups (broad SMARTS) is 1. The lowest BCUT2D eigenvalue weighted by atomic mass is 10.2. The summed E-state index contributed by atoms with van der Waals surface area (Å²) in [4.78, 5) is 10.5. The van der Waals surface area contributed by atoms with Crippen LogP contribution in [0.15, 0.2) is 18.2 Å². The molecule has 0 spiro atoms. The van der Waals surface area contributed by atoms with Crippen molar-refractivity contribution in [1.82, 2.24) is 20.2 Å². The fourth-order valence-electron chi connectivity index (χ4n) is 1.60. The summed E-state index contributed by atoms with van der Waals surface area (Å²) in [5.41, 5.74) is 0.503. The van der Waals surface area contributed by atoms with Gasteiger partial charge in [0.1, 0.15) is 5.82 Å². The highest BCUT2D eigenvalue weighted by Gasteiger charge is 2.13. The molecule has 2 rings (SSSR count). The van der Waals surface area contributed by atoms with Crippen molar-refractivity contribution in [3.63, 3.8) is 0 Å². The van der Waals surface area contributed by atoms with Gasteiger partial charge in [0.05, 0.1) is 5.02 Å². The molecule has 0 radical (unpaired) electrons. The predicted molar refractivity (Wildman–Crippen MR) is 65.1 cm³/mol. The van der Waals surface area contributed by atoms with Crippen LogP contribution in [-0.4, -0.2) is 31.3 Å². The topological polar surface area (TPSA) is 80.9 Å². The maximum Gasteiger partial charge on any atom is 0.303 e. The zero-order chi connectivity index (χ0) is 13.8. The number of aliphatic carboxylic acids is 1. The van der Waals surface area contributed by atoms with Crippen molar-refractivity contribution in [2.75, 3.05) is 0 Å². The largest absolute Gasteiger partial charge is 0.481 e. The molecule has 0 saturated heterocycles. The first kappa shape index (κ1) is 13.4. The van der Waals surface area contributed by atoms with E-state index in [1.54, 1.807) is 0 Å². The summed E-state index contributed by atoms with van der Waals surface area (Å²) in [6.45, 7) is 0.350. The number of carboxylic acids is 1. The smallest absolute Gasteiger partial charge is 0.303 e. The van der Waals surface area contributed by atoms with Crippen molar-refractivity contribution in [2.45, 2.75) is 19.4 Å². The Bertz CT molecular complexity index is 602. The number of halogens is 2. The molecule has 0 aliphatic rings. The van der Waals surface area contributed by atoms with E-state index in [-0.39, 0.29) is 11.4 Å². The second-order valence-electron chi connectivity index (χ2n) is 3.85. The Hall–Kier alpha value is -2.02. The monoisotopic (exact) mass is 284 g/mol. The molecule has 0 fully saturated rings. The summed E-state index contributed by atoms with van der Waals surface area (Å²) in [6.07, 6.45) is 0.419. The summed E-state index contributed by atoms with van der Waals surface area (Å²) in [5, 5.41) is 19.9. The van der Waals surface area contributed by atoms with Gasteiger partial charge in [0.15, 0.2) is 5.82 Å². The SMILES string of the molecule is O=C(O)CCCn1nnnc1-c1ccc(F)cc1Cl. The number of hydrogen-bond acceptors (Lipinski definition) is 4. The second-order valence-corrected chi connectivity index (χ2v) is 4.25. The summed E-state index contributed by atoms with van der Waals surface area (Å²) in [7, 11) is 0. The van der Waals surface area contributed by atoms with Crippen LogP contribution in [0, 0.1) is 5.82 Å². The van der Waals surface area contributed by atoms with Crippen LogP contribution >= 0.6 is 11.6 Å². The van der Waals surface area contributed by atoms with Crippen LogP contribution in [-0.2, 0) is 11.3 Å². The molecule has 0 unspecified atom stereocenters. The molecule has 0 atom stereocenters. The first-order valence-corrected chi connectivity index (χ1v) is 5.89. The predicted octanol–water partition coefficient (Wildman–Crippen LogP) is 2.00. The fourth-order valence-corrected chi connectivity index (χ4v) is 1.85. The Morgan fingerprint density at radius 1 is 1.47 bits per heavy atom. The van der Waals surface area contributed by atoms with Crippen LogP contribution in [0.5, 0.6) is 0 Å². The van der Waals surface area contributed by atoms with Gasteiger partial charge in [-0.1, -0.05) is 11.6 Å². The summed E-state index contributed by atoms with van der Waals surface area (Å²) < 4.78 is 14.4. The normalized spacial score (nSPS) is 10.6. The molecule has 100 valence electrons. The second kappa shape index (κ2) is 5.75. The van der Waals surface area contributed by atoms with Crippen LogP contribution in [0.1, 0.15) is 12.8 Å². The first-order valence-electron chi connectivity index (χ1n) is 5.51. The Kier molecular flexibility index (Phi) is 4.06. The molecule has 1 N–H and O–H groups in total. The lowest BCUT2D eigenvalue weighted by molar-refractivity contribution is -0.137. The van der Waals surface area contributed by atoms with Crippen molar-refractivity contribution in [3.05, 3.63) is 29.0 Å². The number of aryl methyl sites for hydroxylation is 1. The van der Waals surface area contributed by atoms with Gasteiger partial charge < -0.3 is 5.11 Å². The highest BCUT2D eigenvalue weighted by molar-refractivity contribution is 6.33. The van der Waals surface area contributed by atoms with Gasteiger partial charge in [-0.05, 0) is 35.0 Å². The molecule has 1 heterocycles. The average Bonchev–Trinajstić information content (AvgIpc) is 2.77. The molecule has 0 bridgehead atoms. The minimum Gasteiger partial charge on any atom is -0.481 e. The molecular formula is C11H10ClFN4O2. The van der Waals surface area contributed by atoms with E-state index in [0.29, 0.717) is 24.4 Å². The van der Waals surface area contributed by atoms with Gasteiger partial charge in [-0.3, -0.25) is 4.79 Å². The van der Waals surface area contributed by atoms with E-state index in [2.05, 4.69) is 15.5 Å². The standard InChI is InChI=1S/C11H10ClFN4O2/c12-9-6-7(13)3-4-8(9)11-14-15-16-17(11)5-1-2-10(18)19/h3-4,6H,1-2,5H2,(H,18,19). The molecule has 0 amide bonds. The molecule has 6 nitrogen and oxygen atoms in total. The third-order valence-corrected chi connectivity index (χ3v) is 2.78. The van der Waals surface area contributed by atoms with E-state index in [4.69, 9.17) is 16.7 Å². The minimum absolute atomic E-state index is 0.0243. The van der Waals surface area contributed by atoms with E-state index >= 15 is 0 Å². The quantitative estimate of drug-likeness (QED) is 0.908. The Labute approximate surface area is 112 Å². The molecule has 0 saturated carbocycles. The number of nitrogens with zero attached hydrogens (tertiary/aromatic N) is 4. The van der Waals surface area contributed by atoms with Gasteiger partial charge in [-0.2, -0.15) is 0 Å². The molecular weight excluding hydrogens is 275 g/mol. The van der Waals surface area contributed by atoms with Gasteiger partial charge in [0, 0.05) is 18.5 Å². The highest BCUT2D eigenvalue weighted by Crippen LogP contribution is 2.26. The zero-order valence-electron chi connectivity index (χ0n) is 9.75. The van der Waals surface area contributed by atoms with Crippen molar-refractivity contribution < 1.29 is 14.3 Å². The Morgan fingerprint density at radius 2 is 2.26 bits per heavy atom. The zero-order valence-corrected chi connectivity index (χ0v) is 10.5. The molecule has 19 heavy (non-hydrogen) atoms. The van der Waals surface area contributed by atoms with Gasteiger partial charge in [0.25, 0.3) is 0 Å². The molecule has 1 aromatic carbocycles.